The van der Waals surface area contributed by atoms with Gasteiger partial charge in [-0.15, -0.1) is 0 Å². The summed E-state index contributed by atoms with van der Waals surface area (Å²) in [6.07, 6.45) is -0.578. The number of ketones is 1. The van der Waals surface area contributed by atoms with Gasteiger partial charge in [-0.3, -0.25) is 9.59 Å². The molecular formula is C19H14N2O3. The maximum atomic E-state index is 12.8. The molecule has 1 unspecified atom stereocenters. The molecule has 5 rings (SSSR count). The number of hydrogen-bond acceptors (Lipinski definition) is 4. The molecule has 5 heteroatoms. The Morgan fingerprint density at radius 3 is 2.83 bits per heavy atom. The highest BCUT2D eigenvalue weighted by atomic mass is 16.3. The van der Waals surface area contributed by atoms with Crippen LogP contribution in [0.25, 0.3) is 22.3 Å². The van der Waals surface area contributed by atoms with E-state index in [1.165, 1.54) is 0 Å². The van der Waals surface area contributed by atoms with Crippen molar-refractivity contribution in [3.05, 3.63) is 63.4 Å². The Morgan fingerprint density at radius 1 is 1.12 bits per heavy atom. The van der Waals surface area contributed by atoms with Crippen molar-refractivity contribution < 1.29 is 9.90 Å². The Kier molecular flexibility index (Phi) is 2.62. The van der Waals surface area contributed by atoms with Gasteiger partial charge in [0.15, 0.2) is 5.78 Å². The highest BCUT2D eigenvalue weighted by Gasteiger charge is 2.32. The van der Waals surface area contributed by atoms with Crippen molar-refractivity contribution in [3.8, 4) is 11.4 Å². The van der Waals surface area contributed by atoms with Crippen LogP contribution >= 0.6 is 0 Å². The number of hydrogen-bond donors (Lipinski definition) is 1. The van der Waals surface area contributed by atoms with E-state index in [2.05, 4.69) is 6.07 Å². The van der Waals surface area contributed by atoms with Crippen molar-refractivity contribution in [1.82, 2.24) is 9.55 Å². The summed E-state index contributed by atoms with van der Waals surface area (Å²) in [6, 6.07) is 11.7. The van der Waals surface area contributed by atoms with E-state index in [-0.39, 0.29) is 17.8 Å². The summed E-state index contributed by atoms with van der Waals surface area (Å²) in [7, 11) is 0. The largest absolute Gasteiger partial charge is 0.381 e. The SMILES string of the molecule is O=C1CCc2c(cc3n(c2=O)Cc2cc4ccccc4nc2-3)C1O. The van der Waals surface area contributed by atoms with Crippen LogP contribution in [0, 0.1) is 0 Å². The Bertz CT molecular complexity index is 1100. The zero-order valence-corrected chi connectivity index (χ0v) is 12.8. The summed E-state index contributed by atoms with van der Waals surface area (Å²) in [5.74, 6) is -0.225. The van der Waals surface area contributed by atoms with Crippen LogP contribution in [0.1, 0.15) is 29.2 Å². The van der Waals surface area contributed by atoms with Gasteiger partial charge in [-0.05, 0) is 30.2 Å². The molecule has 118 valence electrons. The summed E-state index contributed by atoms with van der Waals surface area (Å²) in [5.41, 5.74) is 4.21. The topological polar surface area (TPSA) is 72.2 Å². The van der Waals surface area contributed by atoms with Gasteiger partial charge >= 0.3 is 0 Å². The third-order valence-corrected chi connectivity index (χ3v) is 5.03. The van der Waals surface area contributed by atoms with Crippen LogP contribution in [-0.2, 0) is 17.8 Å². The lowest BCUT2D eigenvalue weighted by Gasteiger charge is -2.21. The van der Waals surface area contributed by atoms with E-state index in [1.807, 2.05) is 24.3 Å². The summed E-state index contributed by atoms with van der Waals surface area (Å²) >= 11 is 0. The first kappa shape index (κ1) is 13.6. The van der Waals surface area contributed by atoms with Crippen molar-refractivity contribution in [1.29, 1.82) is 0 Å². The quantitative estimate of drug-likeness (QED) is 0.538. The maximum Gasteiger partial charge on any atom is 0.254 e. The van der Waals surface area contributed by atoms with Gasteiger partial charge in [0, 0.05) is 22.9 Å². The molecule has 1 aliphatic carbocycles. The zero-order chi connectivity index (χ0) is 16.4. The van der Waals surface area contributed by atoms with E-state index in [0.29, 0.717) is 29.8 Å². The summed E-state index contributed by atoms with van der Waals surface area (Å²) in [6.45, 7) is 0.485. The molecule has 0 fully saturated rings. The second-order valence-electron chi connectivity index (χ2n) is 6.41. The highest BCUT2D eigenvalue weighted by Crippen LogP contribution is 2.35. The van der Waals surface area contributed by atoms with Crippen molar-refractivity contribution >= 4 is 16.7 Å². The number of carbonyl (C=O) groups excluding carboxylic acids is 1. The lowest BCUT2D eigenvalue weighted by atomic mass is 9.89. The number of aliphatic hydroxyl groups is 1. The lowest BCUT2D eigenvalue weighted by Crippen LogP contribution is -2.31. The average molecular weight is 318 g/mol. The Balaban J connectivity index is 1.80. The Morgan fingerprint density at radius 2 is 1.96 bits per heavy atom. The molecule has 0 bridgehead atoms. The number of rotatable bonds is 0. The molecule has 5 nitrogen and oxygen atoms in total. The van der Waals surface area contributed by atoms with Gasteiger partial charge in [-0.1, -0.05) is 18.2 Å². The van der Waals surface area contributed by atoms with Crippen molar-refractivity contribution in [2.45, 2.75) is 25.5 Å². The van der Waals surface area contributed by atoms with E-state index in [4.69, 9.17) is 4.98 Å². The standard InChI is InChI=1S/C19H14N2O3/c22-16-6-5-12-13(18(16)23)8-15-17-11(9-21(15)19(12)24)7-10-3-1-2-4-14(10)20-17/h1-4,7-8,18,23H,5-6,9H2. The molecule has 0 saturated carbocycles. The van der Waals surface area contributed by atoms with E-state index in [1.54, 1.807) is 10.6 Å². The van der Waals surface area contributed by atoms with E-state index in [9.17, 15) is 14.7 Å². The van der Waals surface area contributed by atoms with E-state index in [0.717, 1.165) is 22.2 Å². The summed E-state index contributed by atoms with van der Waals surface area (Å²) in [4.78, 5) is 29.4. The molecule has 0 amide bonds. The molecule has 2 aliphatic rings. The van der Waals surface area contributed by atoms with Crippen LogP contribution in [0.2, 0.25) is 0 Å². The van der Waals surface area contributed by atoms with Gasteiger partial charge < -0.3 is 9.67 Å². The first-order valence-corrected chi connectivity index (χ1v) is 8.00. The molecule has 1 N–H and O–H groups in total. The molecule has 0 spiro atoms. The van der Waals surface area contributed by atoms with Gasteiger partial charge in [0.2, 0.25) is 0 Å². The average Bonchev–Trinajstić information content (AvgIpc) is 2.95. The van der Waals surface area contributed by atoms with Crippen LogP contribution in [0.5, 0.6) is 0 Å². The number of para-hydroxylation sites is 1. The normalized spacial score (nSPS) is 18.4. The van der Waals surface area contributed by atoms with Gasteiger partial charge in [-0.25, -0.2) is 4.98 Å². The van der Waals surface area contributed by atoms with Crippen molar-refractivity contribution in [3.63, 3.8) is 0 Å². The molecule has 1 aromatic carbocycles. The first-order chi connectivity index (χ1) is 11.6. The number of Topliss-reactive ketones (excluding diaryl/α,β-unsaturated/α-hetero) is 1. The van der Waals surface area contributed by atoms with Crippen LogP contribution < -0.4 is 5.56 Å². The highest BCUT2D eigenvalue weighted by molar-refractivity contribution is 5.88. The predicted octanol–water partition coefficient (Wildman–Crippen LogP) is 1.97. The molecule has 24 heavy (non-hydrogen) atoms. The van der Waals surface area contributed by atoms with Crippen molar-refractivity contribution in [2.24, 2.45) is 0 Å². The fourth-order valence-electron chi connectivity index (χ4n) is 3.79. The number of fused-ring (bicyclic) bond motifs is 5. The van der Waals surface area contributed by atoms with Gasteiger partial charge in [0.1, 0.15) is 6.10 Å². The number of carbonyl (C=O) groups is 1. The molecule has 3 heterocycles. The Hall–Kier alpha value is -2.79. The molecule has 1 aliphatic heterocycles. The van der Waals surface area contributed by atoms with E-state index >= 15 is 0 Å². The zero-order valence-electron chi connectivity index (χ0n) is 12.8. The fourth-order valence-corrected chi connectivity index (χ4v) is 3.79. The second-order valence-corrected chi connectivity index (χ2v) is 6.41. The third-order valence-electron chi connectivity index (χ3n) is 5.03. The lowest BCUT2D eigenvalue weighted by molar-refractivity contribution is -0.128. The molecule has 1 atom stereocenters. The number of nitrogens with zero attached hydrogens (tertiary/aromatic N) is 2. The van der Waals surface area contributed by atoms with Crippen LogP contribution in [0.3, 0.4) is 0 Å². The van der Waals surface area contributed by atoms with Gasteiger partial charge in [0.05, 0.1) is 23.4 Å². The van der Waals surface area contributed by atoms with E-state index < -0.39 is 6.10 Å². The fraction of sp³-hybridized carbons (Fsp3) is 0.211. The van der Waals surface area contributed by atoms with Crippen molar-refractivity contribution in [2.75, 3.05) is 0 Å². The monoisotopic (exact) mass is 318 g/mol. The smallest absolute Gasteiger partial charge is 0.254 e. The summed E-state index contributed by atoms with van der Waals surface area (Å²) in [5, 5.41) is 11.2. The molecule has 3 aromatic rings. The van der Waals surface area contributed by atoms with Gasteiger partial charge in [-0.2, -0.15) is 0 Å². The minimum absolute atomic E-state index is 0.115. The predicted molar refractivity (Wildman–Crippen MR) is 88.8 cm³/mol. The van der Waals surface area contributed by atoms with Crippen LogP contribution in [0.4, 0.5) is 0 Å². The summed E-state index contributed by atoms with van der Waals surface area (Å²) < 4.78 is 1.71. The van der Waals surface area contributed by atoms with Crippen LogP contribution in [0.15, 0.2) is 41.2 Å². The molecule has 0 saturated heterocycles. The van der Waals surface area contributed by atoms with Gasteiger partial charge in [0.25, 0.3) is 5.56 Å². The third kappa shape index (κ3) is 1.70. The number of benzene rings is 1. The minimum atomic E-state index is -1.20. The Labute approximate surface area is 137 Å². The number of pyridine rings is 2. The first-order valence-electron chi connectivity index (χ1n) is 8.00. The molecular weight excluding hydrogens is 304 g/mol. The second kappa shape index (κ2) is 4.61. The number of aromatic nitrogens is 2. The number of aliphatic hydroxyl groups excluding tert-OH is 1. The molecule has 2 aromatic heterocycles. The van der Waals surface area contributed by atoms with Crippen LogP contribution in [-0.4, -0.2) is 20.4 Å². The minimum Gasteiger partial charge on any atom is -0.381 e. The maximum absolute atomic E-state index is 12.8. The molecule has 0 radical (unpaired) electrons.